The minimum absolute atomic E-state index is 0.107. The fourth-order valence-electron chi connectivity index (χ4n) is 2.22. The molecule has 0 saturated carbocycles. The van der Waals surface area contributed by atoms with Crippen LogP contribution in [0.3, 0.4) is 0 Å². The highest BCUT2D eigenvalue weighted by Gasteiger charge is 2.20. The lowest BCUT2D eigenvalue weighted by molar-refractivity contribution is -0.130. The number of rotatable bonds is 4. The smallest absolute Gasteiger partial charge is 0.236 e. The van der Waals surface area contributed by atoms with E-state index >= 15 is 0 Å². The van der Waals surface area contributed by atoms with E-state index in [-0.39, 0.29) is 5.91 Å². The number of amides is 1. The minimum Gasteiger partial charge on any atom is -0.368 e. The van der Waals surface area contributed by atoms with Crippen LogP contribution in [0.25, 0.3) is 0 Å². The van der Waals surface area contributed by atoms with E-state index in [4.69, 9.17) is 18.0 Å². The second kappa shape index (κ2) is 7.18. The molecule has 1 aliphatic rings. The number of nitrogens with one attached hydrogen (secondary N) is 1. The van der Waals surface area contributed by atoms with E-state index in [0.29, 0.717) is 13.1 Å². The summed E-state index contributed by atoms with van der Waals surface area (Å²) in [7, 11) is 0. The number of carbonyl (C=O) groups is 1. The molecule has 20 heavy (non-hydrogen) atoms. The van der Waals surface area contributed by atoms with Gasteiger partial charge in [-0.15, -0.1) is 6.42 Å². The topological polar surface area (TPSA) is 35.6 Å². The van der Waals surface area contributed by atoms with E-state index in [1.807, 2.05) is 29.2 Å². The largest absolute Gasteiger partial charge is 0.368 e. The Morgan fingerprint density at radius 2 is 1.90 bits per heavy atom. The number of hydrogen-bond acceptors (Lipinski definition) is 3. The number of terminal acetylenes is 1. The molecule has 1 saturated heterocycles. The Kier molecular flexibility index (Phi) is 5.28. The third-order valence-corrected chi connectivity index (χ3v) is 3.58. The third kappa shape index (κ3) is 3.89. The van der Waals surface area contributed by atoms with Gasteiger partial charge in [0.25, 0.3) is 0 Å². The molecule has 0 bridgehead atoms. The van der Waals surface area contributed by atoms with Crippen LogP contribution in [0.15, 0.2) is 24.3 Å². The molecule has 0 aromatic heterocycles. The first-order valence-corrected chi connectivity index (χ1v) is 7.01. The number of halogens is 1. The van der Waals surface area contributed by atoms with E-state index < -0.39 is 0 Å². The first-order valence-electron chi connectivity index (χ1n) is 6.63. The third-order valence-electron chi connectivity index (χ3n) is 3.33. The molecule has 0 atom stereocenters. The molecule has 0 radical (unpaired) electrons. The summed E-state index contributed by atoms with van der Waals surface area (Å²) in [5.41, 5.74) is 1.15. The van der Waals surface area contributed by atoms with Crippen molar-refractivity contribution in [2.45, 2.75) is 0 Å². The summed E-state index contributed by atoms with van der Waals surface area (Å²) in [6, 6.07) is 7.79. The van der Waals surface area contributed by atoms with Crippen molar-refractivity contribution < 1.29 is 4.79 Å². The van der Waals surface area contributed by atoms with Crippen molar-refractivity contribution in [3.8, 4) is 12.3 Å². The molecule has 2 rings (SSSR count). The summed E-state index contributed by atoms with van der Waals surface area (Å²) >= 11 is 5.88. The monoisotopic (exact) mass is 291 g/mol. The van der Waals surface area contributed by atoms with Crippen LogP contribution in [-0.2, 0) is 4.79 Å². The zero-order valence-electron chi connectivity index (χ0n) is 11.3. The Morgan fingerprint density at radius 1 is 1.25 bits per heavy atom. The average Bonchev–Trinajstić information content (AvgIpc) is 2.48. The Labute approximate surface area is 124 Å². The van der Waals surface area contributed by atoms with Gasteiger partial charge in [0.05, 0.1) is 13.1 Å². The van der Waals surface area contributed by atoms with Crippen molar-refractivity contribution >= 4 is 23.2 Å². The van der Waals surface area contributed by atoms with Crippen LogP contribution in [-0.4, -0.2) is 50.1 Å². The van der Waals surface area contributed by atoms with Gasteiger partial charge < -0.3 is 9.80 Å². The molecule has 4 nitrogen and oxygen atoms in total. The van der Waals surface area contributed by atoms with Crippen LogP contribution in [0.1, 0.15) is 0 Å². The lowest BCUT2D eigenvalue weighted by Crippen LogP contribution is -2.50. The van der Waals surface area contributed by atoms with Gasteiger partial charge in [0, 0.05) is 36.9 Å². The fraction of sp³-hybridized carbons (Fsp3) is 0.400. The number of piperazine rings is 1. The van der Waals surface area contributed by atoms with Gasteiger partial charge in [-0.05, 0) is 24.3 Å². The molecule has 1 N–H and O–H groups in total. The van der Waals surface area contributed by atoms with Crippen LogP contribution < -0.4 is 10.2 Å². The maximum absolute atomic E-state index is 11.9. The molecule has 0 aliphatic carbocycles. The highest BCUT2D eigenvalue weighted by Crippen LogP contribution is 2.19. The van der Waals surface area contributed by atoms with Gasteiger partial charge in [0.2, 0.25) is 5.91 Å². The summed E-state index contributed by atoms with van der Waals surface area (Å²) < 4.78 is 0. The maximum atomic E-state index is 11.9. The predicted molar refractivity (Wildman–Crippen MR) is 81.9 cm³/mol. The SMILES string of the molecule is C#CCNCC(=O)N1CCN(c2ccc(Cl)cc2)CC1. The zero-order valence-corrected chi connectivity index (χ0v) is 12.1. The molecular weight excluding hydrogens is 274 g/mol. The standard InChI is InChI=1S/C15H18ClN3O/c1-2-7-17-12-15(20)19-10-8-18(9-11-19)14-5-3-13(16)4-6-14/h1,3-6,17H,7-12H2. The van der Waals surface area contributed by atoms with Crippen LogP contribution >= 0.6 is 11.6 Å². The number of nitrogens with zero attached hydrogens (tertiary/aromatic N) is 2. The van der Waals surface area contributed by atoms with Gasteiger partial charge >= 0.3 is 0 Å². The molecule has 0 spiro atoms. The van der Waals surface area contributed by atoms with E-state index in [1.165, 1.54) is 0 Å². The van der Waals surface area contributed by atoms with Crippen LogP contribution in [0.2, 0.25) is 5.02 Å². The Hall–Kier alpha value is -1.70. The first-order chi connectivity index (χ1) is 9.70. The molecule has 5 heteroatoms. The molecule has 1 fully saturated rings. The zero-order chi connectivity index (χ0) is 14.4. The summed E-state index contributed by atoms with van der Waals surface area (Å²) in [5.74, 6) is 2.57. The minimum atomic E-state index is 0.107. The Bertz CT molecular complexity index is 487. The quantitative estimate of drug-likeness (QED) is 0.669. The number of carbonyl (C=O) groups excluding carboxylic acids is 1. The second-order valence-corrected chi connectivity index (χ2v) is 5.09. The van der Waals surface area contributed by atoms with Gasteiger partial charge in [0.15, 0.2) is 0 Å². The molecule has 1 aromatic rings. The van der Waals surface area contributed by atoms with E-state index in [0.717, 1.165) is 36.9 Å². The fourth-order valence-corrected chi connectivity index (χ4v) is 2.35. The number of benzene rings is 1. The Balaban J connectivity index is 1.81. The maximum Gasteiger partial charge on any atom is 0.236 e. The second-order valence-electron chi connectivity index (χ2n) is 4.65. The predicted octanol–water partition coefficient (Wildman–Crippen LogP) is 1.21. The molecule has 1 amide bonds. The van der Waals surface area contributed by atoms with Crippen molar-refractivity contribution in [3.63, 3.8) is 0 Å². The molecule has 1 aromatic carbocycles. The first kappa shape index (κ1) is 14.7. The van der Waals surface area contributed by atoms with Crippen LogP contribution in [0.5, 0.6) is 0 Å². The van der Waals surface area contributed by atoms with Crippen LogP contribution in [0, 0.1) is 12.3 Å². The summed E-state index contributed by atoms with van der Waals surface area (Å²) in [4.78, 5) is 16.0. The van der Waals surface area contributed by atoms with Gasteiger partial charge in [-0.1, -0.05) is 17.5 Å². The van der Waals surface area contributed by atoms with Gasteiger partial charge in [-0.2, -0.15) is 0 Å². The van der Waals surface area contributed by atoms with Crippen molar-refractivity contribution in [1.82, 2.24) is 10.2 Å². The van der Waals surface area contributed by atoms with Crippen molar-refractivity contribution in [3.05, 3.63) is 29.3 Å². The lowest BCUT2D eigenvalue weighted by Gasteiger charge is -2.36. The van der Waals surface area contributed by atoms with E-state index in [9.17, 15) is 4.79 Å². The summed E-state index contributed by atoms with van der Waals surface area (Å²) in [5, 5.41) is 3.66. The Morgan fingerprint density at radius 3 is 2.50 bits per heavy atom. The van der Waals surface area contributed by atoms with E-state index in [2.05, 4.69) is 16.1 Å². The highest BCUT2D eigenvalue weighted by atomic mass is 35.5. The van der Waals surface area contributed by atoms with Gasteiger partial charge in [0.1, 0.15) is 0 Å². The lowest BCUT2D eigenvalue weighted by atomic mass is 10.2. The van der Waals surface area contributed by atoms with Gasteiger partial charge in [-0.25, -0.2) is 0 Å². The molecule has 0 unspecified atom stereocenters. The molecule has 106 valence electrons. The van der Waals surface area contributed by atoms with Crippen molar-refractivity contribution in [2.75, 3.05) is 44.2 Å². The van der Waals surface area contributed by atoms with Crippen LogP contribution in [0.4, 0.5) is 5.69 Å². The molecule has 1 aliphatic heterocycles. The van der Waals surface area contributed by atoms with Crippen molar-refractivity contribution in [1.29, 1.82) is 0 Å². The summed E-state index contributed by atoms with van der Waals surface area (Å²) in [6.45, 7) is 3.88. The molecule has 1 heterocycles. The highest BCUT2D eigenvalue weighted by molar-refractivity contribution is 6.30. The average molecular weight is 292 g/mol. The van der Waals surface area contributed by atoms with Crippen molar-refractivity contribution in [2.24, 2.45) is 0 Å². The number of hydrogen-bond donors (Lipinski definition) is 1. The van der Waals surface area contributed by atoms with E-state index in [1.54, 1.807) is 0 Å². The normalized spacial score (nSPS) is 15.0. The molecular formula is C15H18ClN3O. The summed E-state index contributed by atoms with van der Waals surface area (Å²) in [6.07, 6.45) is 5.13. The number of anilines is 1. The van der Waals surface area contributed by atoms with Gasteiger partial charge in [-0.3, -0.25) is 10.1 Å².